The molecule has 0 bridgehead atoms. The predicted molar refractivity (Wildman–Crippen MR) is 94.7 cm³/mol. The van der Waals surface area contributed by atoms with Crippen LogP contribution in [0.2, 0.25) is 0 Å². The number of nitrogens with one attached hydrogen (secondary N) is 3. The number of aromatic nitrogens is 3. The van der Waals surface area contributed by atoms with Gasteiger partial charge in [0.15, 0.2) is 0 Å². The summed E-state index contributed by atoms with van der Waals surface area (Å²) in [6.45, 7) is 2.56. The number of benzene rings is 1. The van der Waals surface area contributed by atoms with Crippen molar-refractivity contribution in [1.82, 2.24) is 30.3 Å². The lowest BCUT2D eigenvalue weighted by molar-refractivity contribution is -0.122. The van der Waals surface area contributed by atoms with Crippen LogP contribution in [0.25, 0.3) is 0 Å². The second-order valence-corrected chi connectivity index (χ2v) is 8.06. The van der Waals surface area contributed by atoms with Crippen LogP contribution in [-0.4, -0.2) is 49.0 Å². The Kier molecular flexibility index (Phi) is 5.35. The number of sulfonamides is 1. The highest BCUT2D eigenvalue weighted by molar-refractivity contribution is 7.89. The summed E-state index contributed by atoms with van der Waals surface area (Å²) < 4.78 is 28.8. The molecule has 0 spiro atoms. The van der Waals surface area contributed by atoms with Crippen LogP contribution in [-0.2, 0) is 21.4 Å². The normalized spacial score (nSPS) is 20.2. The first-order valence-electron chi connectivity index (χ1n) is 8.31. The summed E-state index contributed by atoms with van der Waals surface area (Å²) >= 11 is 0. The van der Waals surface area contributed by atoms with Crippen LogP contribution < -0.4 is 15.4 Å². The largest absolute Gasteiger partial charge is 0.358 e. The average molecular weight is 378 g/mol. The molecule has 9 nitrogen and oxygen atoms in total. The maximum Gasteiger partial charge on any atom is 0.240 e. The number of hydrogen-bond donors (Lipinski definition) is 3. The smallest absolute Gasteiger partial charge is 0.240 e. The van der Waals surface area contributed by atoms with Crippen molar-refractivity contribution in [2.75, 3.05) is 13.6 Å². The molecule has 26 heavy (non-hydrogen) atoms. The second kappa shape index (κ2) is 7.52. The number of aryl methyl sites for hydroxylation is 1. The summed E-state index contributed by atoms with van der Waals surface area (Å²) in [6, 6.07) is 6.39. The van der Waals surface area contributed by atoms with Crippen molar-refractivity contribution in [2.45, 2.75) is 36.9 Å². The van der Waals surface area contributed by atoms with Gasteiger partial charge in [-0.2, -0.15) is 0 Å². The summed E-state index contributed by atoms with van der Waals surface area (Å²) in [4.78, 5) is 11.9. The van der Waals surface area contributed by atoms with Crippen molar-refractivity contribution in [1.29, 1.82) is 0 Å². The minimum Gasteiger partial charge on any atom is -0.358 e. The molecule has 1 saturated heterocycles. The van der Waals surface area contributed by atoms with Crippen LogP contribution in [0.1, 0.15) is 23.7 Å². The molecule has 2 atom stereocenters. The molecular formula is C16H22N6O3S. The van der Waals surface area contributed by atoms with Gasteiger partial charge in [-0.1, -0.05) is 22.9 Å². The summed E-state index contributed by atoms with van der Waals surface area (Å²) in [5.41, 5.74) is 1.51. The minimum absolute atomic E-state index is 0.00672. The maximum atomic E-state index is 12.3. The Balaban J connectivity index is 1.60. The molecule has 1 aromatic heterocycles. The van der Waals surface area contributed by atoms with Gasteiger partial charge in [0.2, 0.25) is 15.9 Å². The summed E-state index contributed by atoms with van der Waals surface area (Å²) in [6.07, 6.45) is 2.31. The number of carbonyl (C=O) groups excluding carboxylic acids is 1. The van der Waals surface area contributed by atoms with Crippen LogP contribution in [0.15, 0.2) is 35.4 Å². The van der Waals surface area contributed by atoms with E-state index in [1.807, 2.05) is 6.92 Å². The van der Waals surface area contributed by atoms with Crippen LogP contribution in [0.4, 0.5) is 0 Å². The van der Waals surface area contributed by atoms with Crippen LogP contribution in [0.3, 0.4) is 0 Å². The molecule has 140 valence electrons. The molecule has 0 saturated carbocycles. The molecule has 1 aliphatic rings. The Labute approximate surface area is 152 Å². The Bertz CT molecular complexity index is 878. The van der Waals surface area contributed by atoms with Gasteiger partial charge in [-0.3, -0.25) is 4.79 Å². The Morgan fingerprint density at radius 1 is 1.35 bits per heavy atom. The molecule has 0 radical (unpaired) electrons. The lowest BCUT2D eigenvalue weighted by atomic mass is 10.1. The fourth-order valence-corrected chi connectivity index (χ4v) is 3.83. The average Bonchev–Trinajstić information content (AvgIpc) is 3.29. The third kappa shape index (κ3) is 4.09. The van der Waals surface area contributed by atoms with Gasteiger partial charge in [0.25, 0.3) is 0 Å². The molecule has 10 heteroatoms. The van der Waals surface area contributed by atoms with Crippen molar-refractivity contribution in [3.8, 4) is 0 Å². The van der Waals surface area contributed by atoms with Crippen molar-refractivity contribution in [3.05, 3.63) is 41.7 Å². The third-order valence-electron chi connectivity index (χ3n) is 4.38. The van der Waals surface area contributed by atoms with Gasteiger partial charge in [-0.05, 0) is 25.5 Å². The molecule has 0 aliphatic carbocycles. The first-order chi connectivity index (χ1) is 12.4. The zero-order valence-corrected chi connectivity index (χ0v) is 15.5. The molecule has 1 fully saturated rings. The number of nitrogens with zero attached hydrogens (tertiary/aromatic N) is 3. The van der Waals surface area contributed by atoms with E-state index in [1.54, 1.807) is 42.2 Å². The summed E-state index contributed by atoms with van der Waals surface area (Å²) in [5.74, 6) is -0.0568. The number of hydrogen-bond acceptors (Lipinski definition) is 6. The van der Waals surface area contributed by atoms with Crippen molar-refractivity contribution >= 4 is 15.9 Å². The predicted octanol–water partition coefficient (Wildman–Crippen LogP) is -0.286. The number of rotatable bonds is 6. The monoisotopic (exact) mass is 378 g/mol. The van der Waals surface area contributed by atoms with Crippen molar-refractivity contribution in [2.24, 2.45) is 0 Å². The molecule has 2 aromatic rings. The van der Waals surface area contributed by atoms with E-state index in [9.17, 15) is 13.2 Å². The first-order valence-corrected chi connectivity index (χ1v) is 9.79. The summed E-state index contributed by atoms with van der Waals surface area (Å²) in [7, 11) is -2.00. The standard InChI is InChI=1S/C16H22N6O3S/c1-11-3-5-14(6-4-11)26(24,25)19-8-12-10-22(21-20-12)13-7-15(18-9-13)16(23)17-2/h3-6,10,13,15,18-19H,7-9H2,1-2H3,(H,17,23)/t13-,15+/m1/s1. The quantitative estimate of drug-likeness (QED) is 0.636. The number of carbonyl (C=O) groups is 1. The van der Waals surface area contributed by atoms with E-state index < -0.39 is 10.0 Å². The van der Waals surface area contributed by atoms with E-state index in [0.29, 0.717) is 18.7 Å². The van der Waals surface area contributed by atoms with Gasteiger partial charge in [-0.25, -0.2) is 17.8 Å². The highest BCUT2D eigenvalue weighted by Gasteiger charge is 2.30. The van der Waals surface area contributed by atoms with Gasteiger partial charge in [-0.15, -0.1) is 5.10 Å². The molecule has 3 rings (SSSR count). The third-order valence-corrected chi connectivity index (χ3v) is 5.79. The van der Waals surface area contributed by atoms with Crippen LogP contribution in [0.5, 0.6) is 0 Å². The van der Waals surface area contributed by atoms with E-state index in [0.717, 1.165) is 5.56 Å². The van der Waals surface area contributed by atoms with Gasteiger partial charge >= 0.3 is 0 Å². The second-order valence-electron chi connectivity index (χ2n) is 6.29. The van der Waals surface area contributed by atoms with E-state index in [2.05, 4.69) is 25.7 Å². The topological polar surface area (TPSA) is 118 Å². The van der Waals surface area contributed by atoms with Gasteiger partial charge in [0.05, 0.1) is 35.4 Å². The van der Waals surface area contributed by atoms with E-state index >= 15 is 0 Å². The summed E-state index contributed by atoms with van der Waals surface area (Å²) in [5, 5.41) is 13.8. The fraction of sp³-hybridized carbons (Fsp3) is 0.438. The molecule has 1 amide bonds. The minimum atomic E-state index is -3.60. The van der Waals surface area contributed by atoms with Gasteiger partial charge in [0.1, 0.15) is 0 Å². The molecule has 0 unspecified atom stereocenters. The molecule has 1 aromatic carbocycles. The number of likely N-dealkylation sites (N-methyl/N-ethyl adjacent to an activating group) is 1. The van der Waals surface area contributed by atoms with Crippen LogP contribution >= 0.6 is 0 Å². The Morgan fingerprint density at radius 2 is 2.08 bits per heavy atom. The highest BCUT2D eigenvalue weighted by Crippen LogP contribution is 2.19. The van der Waals surface area contributed by atoms with Crippen molar-refractivity contribution in [3.63, 3.8) is 0 Å². The fourth-order valence-electron chi connectivity index (χ4n) is 2.84. The van der Waals surface area contributed by atoms with Crippen LogP contribution in [0, 0.1) is 6.92 Å². The zero-order chi connectivity index (χ0) is 18.7. The van der Waals surface area contributed by atoms with E-state index in [4.69, 9.17) is 0 Å². The Morgan fingerprint density at radius 3 is 2.77 bits per heavy atom. The lowest BCUT2D eigenvalue weighted by Gasteiger charge is -2.09. The first kappa shape index (κ1) is 18.5. The van der Waals surface area contributed by atoms with Gasteiger partial charge in [0, 0.05) is 13.6 Å². The Hall–Kier alpha value is -2.30. The molecule has 1 aliphatic heterocycles. The number of amides is 1. The SMILES string of the molecule is CNC(=O)[C@@H]1C[C@@H](n2cc(CNS(=O)(=O)c3ccc(C)cc3)nn2)CN1. The molecule has 2 heterocycles. The zero-order valence-electron chi connectivity index (χ0n) is 14.6. The molecular weight excluding hydrogens is 356 g/mol. The van der Waals surface area contributed by atoms with Crippen molar-refractivity contribution < 1.29 is 13.2 Å². The van der Waals surface area contributed by atoms with E-state index in [-0.39, 0.29) is 29.4 Å². The van der Waals surface area contributed by atoms with Gasteiger partial charge < -0.3 is 10.6 Å². The maximum absolute atomic E-state index is 12.3. The molecule has 3 N–H and O–H groups in total. The van der Waals surface area contributed by atoms with E-state index in [1.165, 1.54) is 0 Å². The lowest BCUT2D eigenvalue weighted by Crippen LogP contribution is -2.38. The highest BCUT2D eigenvalue weighted by atomic mass is 32.2.